The van der Waals surface area contributed by atoms with Crippen LogP contribution in [0.4, 0.5) is 5.69 Å². The van der Waals surface area contributed by atoms with E-state index in [1.165, 1.54) is 0 Å². The average molecular weight is 405 g/mol. The van der Waals surface area contributed by atoms with Crippen molar-refractivity contribution in [3.63, 3.8) is 0 Å². The first-order chi connectivity index (χ1) is 11.4. The molecular weight excluding hydrogens is 393 g/mol. The molecule has 6 nitrogen and oxygen atoms in total. The number of benzene rings is 1. The maximum absolute atomic E-state index is 12.1. The van der Waals surface area contributed by atoms with Crippen molar-refractivity contribution in [3.8, 4) is 0 Å². The SMILES string of the molecule is Nc1c(Cl)c(Cl)nc(C(=O)NNC(=S)NCc2ccccc2)c1Cl. The number of nitrogens with zero attached hydrogens (tertiary/aromatic N) is 1. The fourth-order valence-corrected chi connectivity index (χ4v) is 2.39. The molecule has 0 aliphatic rings. The Bertz CT molecular complexity index is 773. The molecule has 10 heteroatoms. The Morgan fingerprint density at radius 1 is 1.12 bits per heavy atom. The Balaban J connectivity index is 1.92. The lowest BCUT2D eigenvalue weighted by atomic mass is 10.2. The number of nitrogen functional groups attached to an aromatic ring is 1. The summed E-state index contributed by atoms with van der Waals surface area (Å²) >= 11 is 22.6. The van der Waals surface area contributed by atoms with Crippen LogP contribution >= 0.6 is 47.0 Å². The number of rotatable bonds is 3. The summed E-state index contributed by atoms with van der Waals surface area (Å²) in [6.45, 7) is 0.501. The number of aromatic nitrogens is 1. The van der Waals surface area contributed by atoms with Gasteiger partial charge in [0.15, 0.2) is 16.0 Å². The second-order valence-electron chi connectivity index (χ2n) is 4.54. The monoisotopic (exact) mass is 403 g/mol. The third-order valence-corrected chi connectivity index (χ3v) is 4.25. The number of hydrazine groups is 1. The summed E-state index contributed by atoms with van der Waals surface area (Å²) in [7, 11) is 0. The number of carbonyl (C=O) groups excluding carboxylic acids is 1. The van der Waals surface area contributed by atoms with Crippen molar-refractivity contribution in [1.29, 1.82) is 0 Å². The molecule has 0 saturated carbocycles. The van der Waals surface area contributed by atoms with Gasteiger partial charge in [-0.1, -0.05) is 65.1 Å². The van der Waals surface area contributed by atoms with E-state index >= 15 is 0 Å². The van der Waals surface area contributed by atoms with Gasteiger partial charge in [0.05, 0.1) is 10.7 Å². The van der Waals surface area contributed by atoms with E-state index in [0.29, 0.717) is 6.54 Å². The topological polar surface area (TPSA) is 92.1 Å². The van der Waals surface area contributed by atoms with E-state index in [0.717, 1.165) is 5.56 Å². The van der Waals surface area contributed by atoms with Gasteiger partial charge in [-0.25, -0.2) is 4.98 Å². The number of nitrogens with two attached hydrogens (primary N) is 1. The number of carbonyl (C=O) groups is 1. The average Bonchev–Trinajstić information content (AvgIpc) is 2.60. The molecule has 0 spiro atoms. The number of anilines is 1. The molecule has 2 rings (SSSR count). The summed E-state index contributed by atoms with van der Waals surface area (Å²) in [6, 6.07) is 9.63. The zero-order chi connectivity index (χ0) is 17.7. The van der Waals surface area contributed by atoms with Crippen molar-refractivity contribution >= 4 is 63.7 Å². The van der Waals surface area contributed by atoms with Crippen LogP contribution in [-0.2, 0) is 6.54 Å². The summed E-state index contributed by atoms with van der Waals surface area (Å²) in [6.07, 6.45) is 0. The molecular formula is C14H12Cl3N5OS. The smallest absolute Gasteiger partial charge is 0.289 e. The molecule has 0 radical (unpaired) electrons. The van der Waals surface area contributed by atoms with E-state index in [-0.39, 0.29) is 31.7 Å². The normalized spacial score (nSPS) is 10.1. The molecule has 1 amide bonds. The Morgan fingerprint density at radius 2 is 1.79 bits per heavy atom. The van der Waals surface area contributed by atoms with Crippen molar-refractivity contribution in [2.24, 2.45) is 0 Å². The van der Waals surface area contributed by atoms with Gasteiger partial charge in [-0.15, -0.1) is 0 Å². The standard InChI is InChI=1S/C14H12Cl3N5OS/c15-8-10(18)9(16)12(17)20-11(8)13(23)21-22-14(24)19-6-7-4-2-1-3-5-7/h1-5H,6H2,(H2,18,20)(H,21,23)(H2,19,22,24). The molecule has 2 aromatic rings. The van der Waals surface area contributed by atoms with Gasteiger partial charge in [0.1, 0.15) is 5.02 Å². The minimum Gasteiger partial charge on any atom is -0.396 e. The first-order valence-electron chi connectivity index (χ1n) is 6.58. The Morgan fingerprint density at radius 3 is 2.46 bits per heavy atom. The van der Waals surface area contributed by atoms with E-state index in [2.05, 4.69) is 21.2 Å². The van der Waals surface area contributed by atoms with Gasteiger partial charge in [-0.3, -0.25) is 15.6 Å². The fourth-order valence-electron chi connectivity index (χ4n) is 1.68. The zero-order valence-electron chi connectivity index (χ0n) is 12.1. The molecule has 1 aromatic carbocycles. The summed E-state index contributed by atoms with van der Waals surface area (Å²) in [4.78, 5) is 15.9. The van der Waals surface area contributed by atoms with E-state index in [4.69, 9.17) is 52.8 Å². The number of thiocarbonyl (C=S) groups is 1. The first kappa shape index (κ1) is 18.5. The molecule has 126 valence electrons. The van der Waals surface area contributed by atoms with Crippen LogP contribution in [0.25, 0.3) is 0 Å². The van der Waals surface area contributed by atoms with Gasteiger partial charge >= 0.3 is 0 Å². The quantitative estimate of drug-likeness (QED) is 0.357. The third-order valence-electron chi connectivity index (χ3n) is 2.87. The number of hydrogen-bond donors (Lipinski definition) is 4. The fraction of sp³-hybridized carbons (Fsp3) is 0.0714. The zero-order valence-corrected chi connectivity index (χ0v) is 15.2. The maximum atomic E-state index is 12.1. The molecule has 0 saturated heterocycles. The Kier molecular flexibility index (Phi) is 6.44. The minimum atomic E-state index is -0.658. The van der Waals surface area contributed by atoms with Gasteiger partial charge in [0, 0.05) is 6.54 Å². The molecule has 0 fully saturated rings. The number of nitrogens with one attached hydrogen (secondary N) is 3. The summed E-state index contributed by atoms with van der Waals surface area (Å²) in [5.74, 6) is -0.658. The molecule has 1 heterocycles. The van der Waals surface area contributed by atoms with Crippen LogP contribution < -0.4 is 21.9 Å². The highest BCUT2D eigenvalue weighted by molar-refractivity contribution is 7.80. The van der Waals surface area contributed by atoms with Gasteiger partial charge in [-0.05, 0) is 17.8 Å². The van der Waals surface area contributed by atoms with Crippen LogP contribution in [0.3, 0.4) is 0 Å². The largest absolute Gasteiger partial charge is 0.396 e. The Hall–Kier alpha value is -1.80. The lowest BCUT2D eigenvalue weighted by Gasteiger charge is -2.13. The highest BCUT2D eigenvalue weighted by Gasteiger charge is 2.19. The molecule has 0 aliphatic carbocycles. The summed E-state index contributed by atoms with van der Waals surface area (Å²) < 4.78 is 0. The van der Waals surface area contributed by atoms with E-state index in [1.807, 2.05) is 30.3 Å². The van der Waals surface area contributed by atoms with Crippen molar-refractivity contribution in [2.75, 3.05) is 5.73 Å². The van der Waals surface area contributed by atoms with E-state index in [9.17, 15) is 4.79 Å². The maximum Gasteiger partial charge on any atom is 0.289 e. The van der Waals surface area contributed by atoms with Crippen molar-refractivity contribution in [3.05, 3.63) is 56.8 Å². The van der Waals surface area contributed by atoms with Crippen LogP contribution in [0, 0.1) is 0 Å². The molecule has 5 N–H and O–H groups in total. The lowest BCUT2D eigenvalue weighted by Crippen LogP contribution is -2.46. The van der Waals surface area contributed by atoms with Gasteiger partial charge in [-0.2, -0.15) is 0 Å². The predicted octanol–water partition coefficient (Wildman–Crippen LogP) is 2.93. The lowest BCUT2D eigenvalue weighted by molar-refractivity contribution is 0.0939. The molecule has 1 aromatic heterocycles. The van der Waals surface area contributed by atoms with Gasteiger partial charge in [0.25, 0.3) is 5.91 Å². The predicted molar refractivity (Wildman–Crippen MR) is 100 cm³/mol. The van der Waals surface area contributed by atoms with Crippen molar-refractivity contribution in [1.82, 2.24) is 21.2 Å². The van der Waals surface area contributed by atoms with Crippen LogP contribution in [0.2, 0.25) is 15.2 Å². The van der Waals surface area contributed by atoms with Crippen LogP contribution in [0.15, 0.2) is 30.3 Å². The molecule has 0 unspecified atom stereocenters. The number of amides is 1. The van der Waals surface area contributed by atoms with E-state index < -0.39 is 5.91 Å². The molecule has 0 atom stereocenters. The molecule has 0 bridgehead atoms. The molecule has 24 heavy (non-hydrogen) atoms. The van der Waals surface area contributed by atoms with Crippen LogP contribution in [-0.4, -0.2) is 16.0 Å². The Labute approximate surface area is 158 Å². The number of halogens is 3. The van der Waals surface area contributed by atoms with Crippen molar-refractivity contribution < 1.29 is 4.79 Å². The molecule has 0 aliphatic heterocycles. The van der Waals surface area contributed by atoms with E-state index in [1.54, 1.807) is 0 Å². The second-order valence-corrected chi connectivity index (χ2v) is 6.06. The number of hydrogen-bond acceptors (Lipinski definition) is 4. The number of pyridine rings is 1. The summed E-state index contributed by atoms with van der Waals surface area (Å²) in [5, 5.41) is 2.94. The van der Waals surface area contributed by atoms with Crippen LogP contribution in [0.5, 0.6) is 0 Å². The summed E-state index contributed by atoms with van der Waals surface area (Å²) in [5.41, 5.74) is 11.4. The second kappa shape index (κ2) is 8.34. The van der Waals surface area contributed by atoms with Crippen LogP contribution in [0.1, 0.15) is 16.1 Å². The first-order valence-corrected chi connectivity index (χ1v) is 8.12. The van der Waals surface area contributed by atoms with Crippen molar-refractivity contribution in [2.45, 2.75) is 6.54 Å². The highest BCUT2D eigenvalue weighted by atomic mass is 35.5. The highest BCUT2D eigenvalue weighted by Crippen LogP contribution is 2.34. The van der Waals surface area contributed by atoms with Gasteiger partial charge in [0.2, 0.25) is 0 Å². The third kappa shape index (κ3) is 4.61. The van der Waals surface area contributed by atoms with Gasteiger partial charge < -0.3 is 11.1 Å². The minimum absolute atomic E-state index is 0.00813.